The van der Waals surface area contributed by atoms with E-state index in [0.717, 1.165) is 5.56 Å². The summed E-state index contributed by atoms with van der Waals surface area (Å²) in [4.78, 5) is 69.8. The third-order valence-electron chi connectivity index (χ3n) is 8.17. The molecule has 1 aromatic carbocycles. The zero-order chi connectivity index (χ0) is 35.1. The Labute approximate surface area is 289 Å². The van der Waals surface area contributed by atoms with E-state index in [2.05, 4.69) is 36.0 Å². The lowest BCUT2D eigenvalue weighted by atomic mass is 10.0. The van der Waals surface area contributed by atoms with Crippen molar-refractivity contribution in [2.24, 2.45) is 11.8 Å². The van der Waals surface area contributed by atoms with Gasteiger partial charge in [-0.3, -0.25) is 24.2 Å². The molecular formula is C35H43N9O4S. The van der Waals surface area contributed by atoms with Crippen LogP contribution in [0.3, 0.4) is 0 Å². The number of benzene rings is 1. The van der Waals surface area contributed by atoms with Crippen molar-refractivity contribution < 1.29 is 19.2 Å². The Morgan fingerprint density at radius 3 is 2.35 bits per heavy atom. The highest BCUT2D eigenvalue weighted by Gasteiger charge is 2.30. The van der Waals surface area contributed by atoms with Gasteiger partial charge in [0.05, 0.1) is 18.6 Å². The molecule has 0 saturated carbocycles. The van der Waals surface area contributed by atoms with Gasteiger partial charge in [0.2, 0.25) is 11.8 Å². The van der Waals surface area contributed by atoms with E-state index in [9.17, 15) is 19.2 Å². The molecule has 4 aromatic rings. The summed E-state index contributed by atoms with van der Waals surface area (Å²) in [7, 11) is 0. The largest absolute Gasteiger partial charge is 0.350 e. The first-order valence-electron chi connectivity index (χ1n) is 16.5. The number of carbonyl (C=O) groups is 4. The molecule has 0 aliphatic carbocycles. The number of fused-ring (bicyclic) bond motifs is 3. The number of aryl methyl sites for hydroxylation is 1. The van der Waals surface area contributed by atoms with Gasteiger partial charge in [0.1, 0.15) is 28.8 Å². The average Bonchev–Trinajstić information content (AvgIpc) is 3.70. The zero-order valence-corrected chi connectivity index (χ0v) is 29.2. The minimum absolute atomic E-state index is 0.0679. The minimum Gasteiger partial charge on any atom is -0.350 e. The number of rotatable bonds is 6. The smallest absolute Gasteiger partial charge is 0.272 e. The highest BCUT2D eigenvalue weighted by atomic mass is 32.1. The number of aromatic nitrogens is 5. The number of pyridine rings is 1. The van der Waals surface area contributed by atoms with E-state index in [0.29, 0.717) is 29.5 Å². The third kappa shape index (κ3) is 9.34. The summed E-state index contributed by atoms with van der Waals surface area (Å²) in [6, 6.07) is 13.1. The monoisotopic (exact) mass is 685 g/mol. The second kappa shape index (κ2) is 15.9. The SMILES string of the molecule is Cc1nc2n(n1)CC(=O)N[C@@H](C(C)C)CN(C(=O)c1ccccn1)CC(=O)N[C@@H](CC(C)C)c1nc(cs1)C(=O)N[C@H]2Cc1ccccc1. The number of nitrogens with one attached hydrogen (secondary N) is 3. The Morgan fingerprint density at radius 2 is 1.65 bits per heavy atom. The molecule has 0 spiro atoms. The molecule has 4 heterocycles. The van der Waals surface area contributed by atoms with Crippen molar-refractivity contribution in [1.29, 1.82) is 0 Å². The van der Waals surface area contributed by atoms with Gasteiger partial charge in [0.15, 0.2) is 5.82 Å². The van der Waals surface area contributed by atoms with Crippen LogP contribution in [-0.2, 0) is 22.6 Å². The summed E-state index contributed by atoms with van der Waals surface area (Å²) in [6.45, 7) is 9.32. The van der Waals surface area contributed by atoms with Crippen LogP contribution >= 0.6 is 11.3 Å². The van der Waals surface area contributed by atoms with Crippen molar-refractivity contribution in [3.63, 3.8) is 0 Å². The second-order valence-electron chi connectivity index (χ2n) is 13.0. The predicted molar refractivity (Wildman–Crippen MR) is 184 cm³/mol. The van der Waals surface area contributed by atoms with Crippen LogP contribution in [0.1, 0.15) is 89.4 Å². The quantitative estimate of drug-likeness (QED) is 0.277. The molecule has 3 atom stereocenters. The van der Waals surface area contributed by atoms with Crippen molar-refractivity contribution in [1.82, 2.24) is 45.6 Å². The van der Waals surface area contributed by atoms with Gasteiger partial charge in [-0.15, -0.1) is 11.3 Å². The van der Waals surface area contributed by atoms with Gasteiger partial charge >= 0.3 is 0 Å². The number of hydrogen-bond acceptors (Lipinski definition) is 9. The molecule has 2 bridgehead atoms. The van der Waals surface area contributed by atoms with Gasteiger partial charge in [-0.2, -0.15) is 5.10 Å². The van der Waals surface area contributed by atoms with Gasteiger partial charge in [-0.05, 0) is 49.3 Å². The lowest BCUT2D eigenvalue weighted by molar-refractivity contribution is -0.123. The minimum atomic E-state index is -0.633. The fourth-order valence-electron chi connectivity index (χ4n) is 5.71. The lowest BCUT2D eigenvalue weighted by Gasteiger charge is -2.30. The Bertz CT molecular complexity index is 1760. The van der Waals surface area contributed by atoms with Crippen molar-refractivity contribution in [2.45, 2.75) is 72.1 Å². The van der Waals surface area contributed by atoms with E-state index in [1.165, 1.54) is 27.1 Å². The third-order valence-corrected chi connectivity index (χ3v) is 9.13. The van der Waals surface area contributed by atoms with Crippen molar-refractivity contribution in [3.8, 4) is 0 Å². The number of hydrogen-bond donors (Lipinski definition) is 3. The van der Waals surface area contributed by atoms with Crippen molar-refractivity contribution in [3.05, 3.63) is 93.7 Å². The molecule has 4 amide bonds. The molecule has 0 radical (unpaired) electrons. The summed E-state index contributed by atoms with van der Waals surface area (Å²) in [5.74, 6) is -0.616. The Kier molecular flexibility index (Phi) is 11.5. The van der Waals surface area contributed by atoms with E-state index in [-0.39, 0.29) is 48.8 Å². The Balaban J connectivity index is 1.56. The highest BCUT2D eigenvalue weighted by Crippen LogP contribution is 2.26. The molecule has 1 aliphatic rings. The van der Waals surface area contributed by atoms with Crippen LogP contribution in [0.25, 0.3) is 0 Å². The predicted octanol–water partition coefficient (Wildman–Crippen LogP) is 3.65. The summed E-state index contributed by atoms with van der Waals surface area (Å²) >= 11 is 1.29. The standard InChI is InChI=1S/C35H43N9O4S/c1-21(2)15-27-34-41-29(20-49-34)33(47)40-26(16-24-11-7-6-8-12-24)32-37-23(5)42-44(32)19-31(46)39-28(22(3)4)17-43(18-30(45)38-27)35(48)25-13-9-10-14-36-25/h6-14,20-22,26-28H,15-19H2,1-5H3,(H,38,45)(H,39,46)(H,40,47)/t26-,27-,28+/m0/s1. The van der Waals surface area contributed by atoms with Gasteiger partial charge in [0, 0.05) is 24.2 Å². The van der Waals surface area contributed by atoms with Crippen LogP contribution in [0.4, 0.5) is 0 Å². The molecule has 3 N–H and O–H groups in total. The molecule has 0 unspecified atom stereocenters. The molecule has 1 aliphatic heterocycles. The molecular weight excluding hydrogens is 643 g/mol. The number of nitrogens with zero attached hydrogens (tertiary/aromatic N) is 6. The van der Waals surface area contributed by atoms with Crippen LogP contribution in [0.15, 0.2) is 60.1 Å². The molecule has 0 fully saturated rings. The molecule has 0 saturated heterocycles. The first kappa shape index (κ1) is 35.3. The summed E-state index contributed by atoms with van der Waals surface area (Å²) in [6.07, 6.45) is 2.49. The Morgan fingerprint density at radius 1 is 0.918 bits per heavy atom. The molecule has 258 valence electrons. The van der Waals surface area contributed by atoms with Gasteiger partial charge in [0.25, 0.3) is 11.8 Å². The molecule has 3 aromatic heterocycles. The normalized spacial score (nSPS) is 19.4. The van der Waals surface area contributed by atoms with E-state index in [4.69, 9.17) is 0 Å². The van der Waals surface area contributed by atoms with E-state index >= 15 is 0 Å². The van der Waals surface area contributed by atoms with Crippen LogP contribution in [0.2, 0.25) is 0 Å². The molecule has 49 heavy (non-hydrogen) atoms. The highest BCUT2D eigenvalue weighted by molar-refractivity contribution is 7.09. The van der Waals surface area contributed by atoms with E-state index in [1.54, 1.807) is 30.5 Å². The second-order valence-corrected chi connectivity index (χ2v) is 13.9. The van der Waals surface area contributed by atoms with Gasteiger partial charge < -0.3 is 20.9 Å². The average molecular weight is 686 g/mol. The van der Waals surface area contributed by atoms with Crippen LogP contribution in [0, 0.1) is 18.8 Å². The molecule has 14 heteroatoms. The fourth-order valence-corrected chi connectivity index (χ4v) is 6.58. The fraction of sp³-hybridized carbons (Fsp3) is 0.429. The van der Waals surface area contributed by atoms with Crippen LogP contribution < -0.4 is 16.0 Å². The van der Waals surface area contributed by atoms with Gasteiger partial charge in [-0.1, -0.05) is 64.1 Å². The van der Waals surface area contributed by atoms with Crippen LogP contribution in [-0.4, -0.2) is 72.4 Å². The topological polar surface area (TPSA) is 164 Å². The zero-order valence-electron chi connectivity index (χ0n) is 28.4. The maximum Gasteiger partial charge on any atom is 0.272 e. The summed E-state index contributed by atoms with van der Waals surface area (Å²) < 4.78 is 1.51. The lowest BCUT2D eigenvalue weighted by Crippen LogP contribution is -2.51. The van der Waals surface area contributed by atoms with E-state index < -0.39 is 35.8 Å². The first-order chi connectivity index (χ1) is 23.5. The number of thiazole rings is 1. The first-order valence-corrected chi connectivity index (χ1v) is 17.3. The molecule has 13 nitrogen and oxygen atoms in total. The summed E-state index contributed by atoms with van der Waals surface area (Å²) in [5.41, 5.74) is 1.35. The Hall–Kier alpha value is -4.98. The van der Waals surface area contributed by atoms with E-state index in [1.807, 2.05) is 58.0 Å². The van der Waals surface area contributed by atoms with Crippen molar-refractivity contribution in [2.75, 3.05) is 13.1 Å². The molecule has 5 rings (SSSR count). The van der Waals surface area contributed by atoms with Crippen molar-refractivity contribution >= 4 is 35.0 Å². The van der Waals surface area contributed by atoms with Crippen LogP contribution in [0.5, 0.6) is 0 Å². The maximum absolute atomic E-state index is 13.8. The summed E-state index contributed by atoms with van der Waals surface area (Å²) in [5, 5.41) is 16.0. The number of amides is 4. The van der Waals surface area contributed by atoms with Gasteiger partial charge in [-0.25, -0.2) is 14.6 Å². The maximum atomic E-state index is 13.8. The number of carbonyl (C=O) groups excluding carboxylic acids is 4.